The molecule has 1 aliphatic heterocycles. The van der Waals surface area contributed by atoms with E-state index >= 15 is 0 Å². The Morgan fingerprint density at radius 3 is 2.76 bits per heavy atom. The first-order valence-corrected chi connectivity index (χ1v) is 8.54. The topological polar surface area (TPSA) is 53.1 Å². The number of pyridine rings is 2. The molecule has 0 fully saturated rings. The zero-order chi connectivity index (χ0) is 16.9. The molecular formula is C20H21N5. The molecule has 3 heterocycles. The average molecular weight is 331 g/mol. The molecule has 2 N–H and O–H groups in total. The van der Waals surface area contributed by atoms with E-state index in [0.717, 1.165) is 49.1 Å². The molecule has 0 radical (unpaired) electrons. The highest BCUT2D eigenvalue weighted by Gasteiger charge is 2.15. The maximum absolute atomic E-state index is 4.58. The van der Waals surface area contributed by atoms with Crippen molar-refractivity contribution >= 4 is 17.2 Å². The molecule has 126 valence electrons. The van der Waals surface area contributed by atoms with E-state index < -0.39 is 0 Å². The molecule has 4 rings (SSSR count). The van der Waals surface area contributed by atoms with Crippen molar-refractivity contribution in [2.45, 2.75) is 13.1 Å². The van der Waals surface area contributed by atoms with Gasteiger partial charge in [0.25, 0.3) is 0 Å². The zero-order valence-corrected chi connectivity index (χ0v) is 14.0. The van der Waals surface area contributed by atoms with Gasteiger partial charge < -0.3 is 10.6 Å². The minimum atomic E-state index is 0.853. The van der Waals surface area contributed by atoms with Crippen molar-refractivity contribution in [3.8, 4) is 0 Å². The van der Waals surface area contributed by atoms with Gasteiger partial charge in [-0.15, -0.1) is 0 Å². The van der Waals surface area contributed by atoms with Gasteiger partial charge in [-0.3, -0.25) is 9.88 Å². The van der Waals surface area contributed by atoms with E-state index in [9.17, 15) is 0 Å². The van der Waals surface area contributed by atoms with Crippen molar-refractivity contribution < 1.29 is 0 Å². The van der Waals surface area contributed by atoms with Crippen molar-refractivity contribution in [2.24, 2.45) is 0 Å². The van der Waals surface area contributed by atoms with Gasteiger partial charge in [-0.25, -0.2) is 4.98 Å². The van der Waals surface area contributed by atoms with Crippen LogP contribution in [-0.4, -0.2) is 28.0 Å². The normalized spacial score (nSPS) is 14.2. The highest BCUT2D eigenvalue weighted by molar-refractivity contribution is 5.63. The molecule has 0 saturated carbocycles. The van der Waals surface area contributed by atoms with Crippen LogP contribution in [0, 0.1) is 0 Å². The van der Waals surface area contributed by atoms with Crippen molar-refractivity contribution in [1.82, 2.24) is 14.9 Å². The lowest BCUT2D eigenvalue weighted by Gasteiger charge is -2.19. The second-order valence-electron chi connectivity index (χ2n) is 6.18. The van der Waals surface area contributed by atoms with Crippen molar-refractivity contribution in [1.29, 1.82) is 0 Å². The standard InChI is InChI=1S/C20H21N5/c1-2-6-17(7-3-1)24-20-12-19-16(13-23-20)14-25(11-10-22-19)15-18-8-4-5-9-21-18/h1-9,12-13,22H,10-11,14-15H2,(H,23,24). The van der Waals surface area contributed by atoms with Crippen molar-refractivity contribution in [2.75, 3.05) is 23.7 Å². The van der Waals surface area contributed by atoms with Crippen LogP contribution >= 0.6 is 0 Å². The van der Waals surface area contributed by atoms with Crippen molar-refractivity contribution in [3.05, 3.63) is 78.2 Å². The molecular weight excluding hydrogens is 310 g/mol. The fraction of sp³-hybridized carbons (Fsp3) is 0.200. The summed E-state index contributed by atoms with van der Waals surface area (Å²) in [5, 5.41) is 6.88. The highest BCUT2D eigenvalue weighted by atomic mass is 15.2. The van der Waals surface area contributed by atoms with Gasteiger partial charge in [0.05, 0.1) is 5.69 Å². The number of nitrogens with one attached hydrogen (secondary N) is 2. The molecule has 0 spiro atoms. The zero-order valence-electron chi connectivity index (χ0n) is 14.0. The van der Waals surface area contributed by atoms with Gasteiger partial charge >= 0.3 is 0 Å². The van der Waals surface area contributed by atoms with Crippen LogP contribution in [-0.2, 0) is 13.1 Å². The van der Waals surface area contributed by atoms with E-state index in [0.29, 0.717) is 0 Å². The van der Waals surface area contributed by atoms with Crippen LogP contribution in [0.2, 0.25) is 0 Å². The smallest absolute Gasteiger partial charge is 0.132 e. The van der Waals surface area contributed by atoms with Gasteiger partial charge in [0.15, 0.2) is 0 Å². The number of hydrogen-bond donors (Lipinski definition) is 2. The number of aromatic nitrogens is 2. The largest absolute Gasteiger partial charge is 0.383 e. The maximum atomic E-state index is 4.58. The van der Waals surface area contributed by atoms with E-state index in [-0.39, 0.29) is 0 Å². The first-order chi connectivity index (χ1) is 12.4. The molecule has 0 saturated heterocycles. The van der Waals surface area contributed by atoms with E-state index in [4.69, 9.17) is 0 Å². The van der Waals surface area contributed by atoms with Crippen LogP contribution in [0.1, 0.15) is 11.3 Å². The first kappa shape index (κ1) is 15.6. The summed E-state index contributed by atoms with van der Waals surface area (Å²) in [6, 6.07) is 18.3. The van der Waals surface area contributed by atoms with E-state index in [1.807, 2.05) is 54.9 Å². The molecule has 5 nitrogen and oxygen atoms in total. The number of hydrogen-bond acceptors (Lipinski definition) is 5. The number of fused-ring (bicyclic) bond motifs is 1. The molecule has 3 aromatic rings. The third-order valence-corrected chi connectivity index (χ3v) is 4.28. The number of nitrogens with zero attached hydrogens (tertiary/aromatic N) is 3. The van der Waals surface area contributed by atoms with Gasteiger partial charge in [0, 0.05) is 61.6 Å². The van der Waals surface area contributed by atoms with Crippen LogP contribution < -0.4 is 10.6 Å². The fourth-order valence-electron chi connectivity index (χ4n) is 3.04. The third kappa shape index (κ3) is 3.95. The summed E-state index contributed by atoms with van der Waals surface area (Å²) < 4.78 is 0. The molecule has 5 heteroatoms. The van der Waals surface area contributed by atoms with E-state index in [2.05, 4.69) is 37.6 Å². The van der Waals surface area contributed by atoms with Gasteiger partial charge in [-0.2, -0.15) is 0 Å². The first-order valence-electron chi connectivity index (χ1n) is 8.54. The molecule has 1 aromatic carbocycles. The third-order valence-electron chi connectivity index (χ3n) is 4.28. The fourth-order valence-corrected chi connectivity index (χ4v) is 3.04. The molecule has 0 amide bonds. The lowest BCUT2D eigenvalue weighted by molar-refractivity contribution is 0.268. The summed E-state index contributed by atoms with van der Waals surface area (Å²) in [5.74, 6) is 0.857. The Labute approximate surface area is 147 Å². The Bertz CT molecular complexity index is 820. The predicted octanol–water partition coefficient (Wildman–Crippen LogP) is 3.65. The molecule has 2 aromatic heterocycles. The minimum Gasteiger partial charge on any atom is -0.383 e. The Morgan fingerprint density at radius 1 is 1.04 bits per heavy atom. The molecule has 25 heavy (non-hydrogen) atoms. The maximum Gasteiger partial charge on any atom is 0.132 e. The summed E-state index contributed by atoms with van der Waals surface area (Å²) in [5.41, 5.74) is 4.51. The molecule has 0 bridgehead atoms. The van der Waals surface area contributed by atoms with Crippen LogP contribution in [0.5, 0.6) is 0 Å². The minimum absolute atomic E-state index is 0.853. The summed E-state index contributed by atoms with van der Waals surface area (Å²) in [6.07, 6.45) is 3.81. The van der Waals surface area contributed by atoms with Crippen LogP contribution in [0.15, 0.2) is 67.0 Å². The second-order valence-corrected chi connectivity index (χ2v) is 6.18. The summed E-state index contributed by atoms with van der Waals surface area (Å²) >= 11 is 0. The van der Waals surface area contributed by atoms with E-state index in [1.54, 1.807) is 0 Å². The summed E-state index contributed by atoms with van der Waals surface area (Å²) in [4.78, 5) is 11.4. The molecule has 0 aliphatic carbocycles. The Hall–Kier alpha value is -2.92. The second kappa shape index (κ2) is 7.32. The SMILES string of the molecule is c1ccc(Nc2cc3c(cn2)CN(Cc2ccccn2)CCN3)cc1. The lowest BCUT2D eigenvalue weighted by Crippen LogP contribution is -2.25. The van der Waals surface area contributed by atoms with E-state index in [1.165, 1.54) is 5.56 Å². The molecule has 0 unspecified atom stereocenters. The average Bonchev–Trinajstić information content (AvgIpc) is 2.85. The van der Waals surface area contributed by atoms with Gasteiger partial charge in [-0.05, 0) is 24.3 Å². The van der Waals surface area contributed by atoms with Crippen LogP contribution in [0.4, 0.5) is 17.2 Å². The van der Waals surface area contributed by atoms with Gasteiger partial charge in [-0.1, -0.05) is 24.3 Å². The van der Waals surface area contributed by atoms with Crippen molar-refractivity contribution in [3.63, 3.8) is 0 Å². The monoisotopic (exact) mass is 331 g/mol. The highest BCUT2D eigenvalue weighted by Crippen LogP contribution is 2.24. The number of benzene rings is 1. The molecule has 0 atom stereocenters. The summed E-state index contributed by atoms with van der Waals surface area (Å²) in [6.45, 7) is 3.62. The van der Waals surface area contributed by atoms with Crippen LogP contribution in [0.3, 0.4) is 0 Å². The predicted molar refractivity (Wildman–Crippen MR) is 101 cm³/mol. The quantitative estimate of drug-likeness (QED) is 0.764. The number of rotatable bonds is 4. The number of para-hydroxylation sites is 1. The summed E-state index contributed by atoms with van der Waals surface area (Å²) in [7, 11) is 0. The van der Waals surface area contributed by atoms with Gasteiger partial charge in [0.1, 0.15) is 5.82 Å². The Balaban J connectivity index is 1.49. The molecule has 1 aliphatic rings. The Morgan fingerprint density at radius 2 is 1.92 bits per heavy atom. The van der Waals surface area contributed by atoms with Gasteiger partial charge in [0.2, 0.25) is 0 Å². The van der Waals surface area contributed by atoms with Crippen LogP contribution in [0.25, 0.3) is 0 Å². The lowest BCUT2D eigenvalue weighted by atomic mass is 10.2. The Kier molecular flexibility index (Phi) is 4.57. The number of anilines is 3.